The van der Waals surface area contributed by atoms with Crippen molar-refractivity contribution in [3.8, 4) is 34.3 Å². The summed E-state index contributed by atoms with van der Waals surface area (Å²) in [7, 11) is 1.64. The number of carbonyl (C=O) groups is 1. The van der Waals surface area contributed by atoms with E-state index in [0.29, 0.717) is 16.3 Å². The maximum Gasteiger partial charge on any atom is 0.573 e. The van der Waals surface area contributed by atoms with Crippen LogP contribution in [-0.2, 0) is 0 Å². The molecule has 2 atom stereocenters. The van der Waals surface area contributed by atoms with Gasteiger partial charge in [0.1, 0.15) is 17.8 Å². The SMILES string of the molecule is COc1ccc(C(C)C)c(-n2c(C)cs/c2=N\C(=O)NC2CCCC2c2ccc(-c3ncn(-c4ccc(OC(F)(F)F)cc4)n3)cc2)c1. The molecule has 3 aromatic carbocycles. The molecule has 9 nitrogen and oxygen atoms in total. The van der Waals surface area contributed by atoms with Gasteiger partial charge < -0.3 is 14.8 Å². The first kappa shape index (κ1) is 33.0. The number of hydrogen-bond acceptors (Lipinski definition) is 6. The number of ether oxygens (including phenoxy) is 2. The number of urea groups is 1. The largest absolute Gasteiger partial charge is 0.573 e. The lowest BCUT2D eigenvalue weighted by Crippen LogP contribution is -2.36. The molecule has 6 rings (SSSR count). The smallest absolute Gasteiger partial charge is 0.497 e. The molecular formula is C35H35F3N6O3S. The number of nitrogens with one attached hydrogen (secondary N) is 1. The second-order valence-electron chi connectivity index (χ2n) is 12.0. The molecule has 1 saturated carbocycles. The van der Waals surface area contributed by atoms with E-state index < -0.39 is 6.36 Å². The molecule has 2 aromatic heterocycles. The summed E-state index contributed by atoms with van der Waals surface area (Å²) in [6.45, 7) is 6.27. The first-order chi connectivity index (χ1) is 23.0. The number of alkyl halides is 3. The first-order valence-electron chi connectivity index (χ1n) is 15.6. The fourth-order valence-corrected chi connectivity index (χ4v) is 6.97. The minimum absolute atomic E-state index is 0.0636. The van der Waals surface area contributed by atoms with Crippen molar-refractivity contribution in [2.45, 2.75) is 64.3 Å². The number of carbonyl (C=O) groups excluding carboxylic acids is 1. The van der Waals surface area contributed by atoms with Gasteiger partial charge in [0.15, 0.2) is 10.6 Å². The van der Waals surface area contributed by atoms with E-state index in [-0.39, 0.29) is 29.7 Å². The molecule has 0 saturated heterocycles. The van der Waals surface area contributed by atoms with Gasteiger partial charge in [0.2, 0.25) is 0 Å². The van der Waals surface area contributed by atoms with Crippen molar-refractivity contribution in [3.63, 3.8) is 0 Å². The number of rotatable bonds is 8. The molecule has 1 fully saturated rings. The summed E-state index contributed by atoms with van der Waals surface area (Å²) in [5.74, 6) is 1.29. The third kappa shape index (κ3) is 7.30. The lowest BCUT2D eigenvalue weighted by molar-refractivity contribution is -0.274. The Morgan fingerprint density at radius 3 is 2.46 bits per heavy atom. The Hall–Kier alpha value is -4.91. The maximum atomic E-state index is 13.3. The van der Waals surface area contributed by atoms with Gasteiger partial charge >= 0.3 is 12.4 Å². The van der Waals surface area contributed by atoms with Gasteiger partial charge in [-0.2, -0.15) is 4.99 Å². The number of methoxy groups -OCH3 is 1. The number of hydrogen-bond donors (Lipinski definition) is 1. The van der Waals surface area contributed by atoms with Crippen LogP contribution in [0.2, 0.25) is 0 Å². The van der Waals surface area contributed by atoms with Crippen molar-refractivity contribution in [2.24, 2.45) is 4.99 Å². The Bertz CT molecular complexity index is 1960. The zero-order valence-corrected chi connectivity index (χ0v) is 27.7. The van der Waals surface area contributed by atoms with Gasteiger partial charge in [0, 0.05) is 34.7 Å². The Kier molecular flexibility index (Phi) is 9.40. The number of aryl methyl sites for hydroxylation is 1. The van der Waals surface area contributed by atoms with E-state index in [1.165, 1.54) is 46.6 Å². The van der Waals surface area contributed by atoms with Crippen LogP contribution in [0.15, 0.2) is 83.4 Å². The third-order valence-corrected chi connectivity index (χ3v) is 9.37. The van der Waals surface area contributed by atoms with Crippen molar-refractivity contribution >= 4 is 17.4 Å². The van der Waals surface area contributed by atoms with Crippen LogP contribution >= 0.6 is 11.3 Å². The molecule has 48 heavy (non-hydrogen) atoms. The lowest BCUT2D eigenvalue weighted by Gasteiger charge is -2.20. The average molecular weight is 677 g/mol. The van der Waals surface area contributed by atoms with Gasteiger partial charge in [-0.3, -0.25) is 4.57 Å². The predicted molar refractivity (Wildman–Crippen MR) is 177 cm³/mol. The summed E-state index contributed by atoms with van der Waals surface area (Å²) in [5, 5.41) is 9.67. The van der Waals surface area contributed by atoms with E-state index in [1.54, 1.807) is 7.11 Å². The molecule has 1 aliphatic carbocycles. The first-order valence-corrected chi connectivity index (χ1v) is 16.5. The topological polar surface area (TPSA) is 95.6 Å². The fourth-order valence-electron chi connectivity index (χ4n) is 6.11. The number of benzene rings is 3. The molecule has 0 aliphatic heterocycles. The molecule has 1 aliphatic rings. The molecule has 2 heterocycles. The Balaban J connectivity index is 1.16. The van der Waals surface area contributed by atoms with Crippen LogP contribution in [0, 0.1) is 6.92 Å². The molecule has 0 spiro atoms. The highest BCUT2D eigenvalue weighted by atomic mass is 32.1. The number of halogens is 3. The Morgan fingerprint density at radius 1 is 1.04 bits per heavy atom. The van der Waals surface area contributed by atoms with Crippen molar-refractivity contribution in [1.82, 2.24) is 24.6 Å². The van der Waals surface area contributed by atoms with E-state index in [9.17, 15) is 18.0 Å². The van der Waals surface area contributed by atoms with Gasteiger partial charge in [-0.25, -0.2) is 14.5 Å². The molecule has 0 bridgehead atoms. The zero-order valence-electron chi connectivity index (χ0n) is 26.9. The van der Waals surface area contributed by atoms with Gasteiger partial charge in [-0.15, -0.1) is 29.6 Å². The predicted octanol–water partition coefficient (Wildman–Crippen LogP) is 8.07. The highest BCUT2D eigenvalue weighted by molar-refractivity contribution is 7.07. The highest BCUT2D eigenvalue weighted by Gasteiger charge is 2.31. The van der Waals surface area contributed by atoms with E-state index in [1.807, 2.05) is 53.3 Å². The third-order valence-electron chi connectivity index (χ3n) is 8.43. The molecule has 5 aromatic rings. The Labute approximate surface area is 279 Å². The van der Waals surface area contributed by atoms with Crippen LogP contribution < -0.4 is 19.6 Å². The number of amides is 2. The van der Waals surface area contributed by atoms with Crippen LogP contribution in [0.1, 0.15) is 61.8 Å². The fraction of sp³-hybridized carbons (Fsp3) is 0.314. The molecule has 2 unspecified atom stereocenters. The van der Waals surface area contributed by atoms with Gasteiger partial charge in [0.05, 0.1) is 18.5 Å². The van der Waals surface area contributed by atoms with Crippen molar-refractivity contribution < 1.29 is 27.4 Å². The summed E-state index contributed by atoms with van der Waals surface area (Å²) >= 11 is 1.43. The summed E-state index contributed by atoms with van der Waals surface area (Å²) in [4.78, 5) is 22.8. The lowest BCUT2D eigenvalue weighted by atomic mass is 9.93. The van der Waals surface area contributed by atoms with Crippen LogP contribution in [0.5, 0.6) is 11.5 Å². The summed E-state index contributed by atoms with van der Waals surface area (Å²) in [6, 6.07) is 18.9. The molecule has 0 radical (unpaired) electrons. The van der Waals surface area contributed by atoms with E-state index in [4.69, 9.17) is 4.74 Å². The van der Waals surface area contributed by atoms with E-state index >= 15 is 0 Å². The molecule has 250 valence electrons. The quantitative estimate of drug-likeness (QED) is 0.179. The van der Waals surface area contributed by atoms with E-state index in [0.717, 1.165) is 53.1 Å². The minimum Gasteiger partial charge on any atom is -0.497 e. The molecule has 2 amide bonds. The number of aromatic nitrogens is 4. The second kappa shape index (κ2) is 13.7. The van der Waals surface area contributed by atoms with E-state index in [2.05, 4.69) is 45.0 Å². The summed E-state index contributed by atoms with van der Waals surface area (Å²) < 4.78 is 50.4. The van der Waals surface area contributed by atoms with Gasteiger partial charge in [-0.1, -0.05) is 50.6 Å². The number of thiazole rings is 1. The zero-order chi connectivity index (χ0) is 34.0. The highest BCUT2D eigenvalue weighted by Crippen LogP contribution is 2.35. The van der Waals surface area contributed by atoms with Crippen molar-refractivity contribution in [3.05, 3.63) is 100 Å². The van der Waals surface area contributed by atoms with Crippen LogP contribution in [0.4, 0.5) is 18.0 Å². The van der Waals surface area contributed by atoms with Crippen molar-refractivity contribution in [1.29, 1.82) is 0 Å². The Morgan fingerprint density at radius 2 is 1.77 bits per heavy atom. The van der Waals surface area contributed by atoms with Crippen LogP contribution in [-0.4, -0.2) is 44.9 Å². The second-order valence-corrected chi connectivity index (χ2v) is 12.8. The number of nitrogens with zero attached hydrogens (tertiary/aromatic N) is 5. The van der Waals surface area contributed by atoms with Gasteiger partial charge in [-0.05, 0) is 67.1 Å². The normalized spacial score (nSPS) is 16.8. The molecule has 1 N–H and O–H groups in total. The average Bonchev–Trinajstić information content (AvgIpc) is 3.81. The van der Waals surface area contributed by atoms with Crippen molar-refractivity contribution in [2.75, 3.05) is 7.11 Å². The monoisotopic (exact) mass is 676 g/mol. The summed E-state index contributed by atoms with van der Waals surface area (Å²) in [6.07, 6.45) is -0.481. The molecular weight excluding hydrogens is 641 g/mol. The minimum atomic E-state index is -4.75. The molecule has 13 heteroatoms. The standard InChI is InChI=1S/C35H35F3N6O3S/c1-21(2)28-17-16-27(46-4)18-31(28)44-22(3)19-48-34(44)41-33(45)40-30-7-5-6-29(30)23-8-10-24(11-9-23)32-39-20-43(42-32)25-12-14-26(15-13-25)47-35(36,37)38/h8-21,29-30H,5-7H2,1-4H3,(H,40,45)/b41-34-. The van der Waals surface area contributed by atoms with Crippen LogP contribution in [0.3, 0.4) is 0 Å². The summed E-state index contributed by atoms with van der Waals surface area (Å²) in [5.41, 5.74) is 5.49. The maximum absolute atomic E-state index is 13.3. The van der Waals surface area contributed by atoms with Gasteiger partial charge in [0.25, 0.3) is 0 Å². The van der Waals surface area contributed by atoms with Crippen LogP contribution in [0.25, 0.3) is 22.8 Å².